The predicted molar refractivity (Wildman–Crippen MR) is 74.0 cm³/mol. The third-order valence-corrected chi connectivity index (χ3v) is 3.33. The quantitative estimate of drug-likeness (QED) is 0.655. The fourth-order valence-electron chi connectivity index (χ4n) is 2.29. The van der Waals surface area contributed by atoms with Gasteiger partial charge in [-0.05, 0) is 18.6 Å². The number of nitro benzene ring substituents is 1. The lowest BCUT2D eigenvalue weighted by atomic mass is 10.1. The minimum atomic E-state index is -0.494. The molecule has 0 aliphatic carbocycles. The summed E-state index contributed by atoms with van der Waals surface area (Å²) in [6, 6.07) is 4.45. The number of anilines is 1. The van der Waals surface area contributed by atoms with Crippen molar-refractivity contribution in [3.8, 4) is 0 Å². The van der Waals surface area contributed by atoms with E-state index in [4.69, 9.17) is 0 Å². The van der Waals surface area contributed by atoms with E-state index in [1.54, 1.807) is 31.1 Å². The van der Waals surface area contributed by atoms with Crippen LogP contribution in [-0.4, -0.2) is 54.1 Å². The number of nitrogens with zero attached hydrogens (tertiary/aromatic N) is 3. The molecule has 1 atom stereocenters. The largest absolute Gasteiger partial charge is 0.391 e. The van der Waals surface area contributed by atoms with Crippen LogP contribution >= 0.6 is 0 Å². The number of aliphatic hydroxyl groups is 1. The number of benzene rings is 1. The lowest BCUT2D eigenvalue weighted by molar-refractivity contribution is -0.384. The number of β-amino-alcohol motifs (C(OH)–C–C–N with tert-alkyl or cyclic N) is 1. The van der Waals surface area contributed by atoms with Gasteiger partial charge in [0.2, 0.25) is 0 Å². The number of amides is 1. The summed E-state index contributed by atoms with van der Waals surface area (Å²) >= 11 is 0. The number of rotatable bonds is 3. The van der Waals surface area contributed by atoms with Crippen molar-refractivity contribution in [2.75, 3.05) is 32.1 Å². The Morgan fingerprint density at radius 2 is 2.20 bits per heavy atom. The highest BCUT2D eigenvalue weighted by atomic mass is 16.6. The summed E-state index contributed by atoms with van der Waals surface area (Å²) < 4.78 is 0. The average Bonchev–Trinajstić information content (AvgIpc) is 2.83. The number of carbonyl (C=O) groups excluding carboxylic acids is 1. The molecule has 1 N–H and O–H groups in total. The topological polar surface area (TPSA) is 86.9 Å². The first-order valence-electron chi connectivity index (χ1n) is 6.33. The summed E-state index contributed by atoms with van der Waals surface area (Å²) in [7, 11) is 3.19. The molecule has 1 fully saturated rings. The van der Waals surface area contributed by atoms with Gasteiger partial charge in [0, 0.05) is 38.8 Å². The molecule has 1 aliphatic rings. The van der Waals surface area contributed by atoms with E-state index in [1.165, 1.54) is 11.0 Å². The molecule has 1 aromatic rings. The van der Waals surface area contributed by atoms with Crippen LogP contribution in [0.15, 0.2) is 18.2 Å². The molecule has 1 heterocycles. The second-order valence-electron chi connectivity index (χ2n) is 5.05. The van der Waals surface area contributed by atoms with Crippen LogP contribution in [0.4, 0.5) is 11.4 Å². The van der Waals surface area contributed by atoms with Gasteiger partial charge >= 0.3 is 0 Å². The Kier molecular flexibility index (Phi) is 3.89. The van der Waals surface area contributed by atoms with Gasteiger partial charge in [-0.15, -0.1) is 0 Å². The Hall–Kier alpha value is -2.15. The highest BCUT2D eigenvalue weighted by Crippen LogP contribution is 2.31. The molecule has 1 saturated heterocycles. The van der Waals surface area contributed by atoms with E-state index in [0.717, 1.165) is 0 Å². The van der Waals surface area contributed by atoms with Gasteiger partial charge in [-0.1, -0.05) is 0 Å². The zero-order valence-electron chi connectivity index (χ0n) is 11.4. The molecule has 1 aliphatic heterocycles. The minimum Gasteiger partial charge on any atom is -0.391 e. The van der Waals surface area contributed by atoms with Crippen molar-refractivity contribution in [1.82, 2.24) is 4.90 Å². The average molecular weight is 279 g/mol. The molecule has 0 unspecified atom stereocenters. The monoisotopic (exact) mass is 279 g/mol. The molecule has 0 bridgehead atoms. The Labute approximate surface area is 116 Å². The zero-order chi connectivity index (χ0) is 14.9. The molecule has 1 aromatic carbocycles. The third kappa shape index (κ3) is 2.72. The van der Waals surface area contributed by atoms with Gasteiger partial charge in [-0.25, -0.2) is 0 Å². The molecule has 0 aromatic heterocycles. The van der Waals surface area contributed by atoms with Crippen molar-refractivity contribution >= 4 is 17.3 Å². The van der Waals surface area contributed by atoms with Gasteiger partial charge in [-0.3, -0.25) is 14.9 Å². The lowest BCUT2D eigenvalue weighted by Gasteiger charge is -2.18. The number of nitro groups is 1. The van der Waals surface area contributed by atoms with Gasteiger partial charge in [0.25, 0.3) is 11.6 Å². The summed E-state index contributed by atoms with van der Waals surface area (Å²) in [5.41, 5.74) is 0.624. The van der Waals surface area contributed by atoms with E-state index >= 15 is 0 Å². The molecule has 1 amide bonds. The van der Waals surface area contributed by atoms with Crippen molar-refractivity contribution < 1.29 is 14.8 Å². The number of aliphatic hydroxyl groups excluding tert-OH is 1. The van der Waals surface area contributed by atoms with Crippen LogP contribution in [0, 0.1) is 10.1 Å². The third-order valence-electron chi connectivity index (χ3n) is 3.33. The lowest BCUT2D eigenvalue weighted by Crippen LogP contribution is -2.24. The number of hydrogen-bond donors (Lipinski definition) is 1. The maximum absolute atomic E-state index is 11.9. The normalized spacial score (nSPS) is 18.1. The predicted octanol–water partition coefficient (Wildman–Crippen LogP) is 0.868. The van der Waals surface area contributed by atoms with E-state index in [2.05, 4.69) is 0 Å². The van der Waals surface area contributed by atoms with E-state index in [0.29, 0.717) is 25.2 Å². The van der Waals surface area contributed by atoms with Crippen LogP contribution in [0.3, 0.4) is 0 Å². The minimum absolute atomic E-state index is 0.105. The molecule has 0 radical (unpaired) electrons. The molecule has 7 nitrogen and oxygen atoms in total. The van der Waals surface area contributed by atoms with Crippen LogP contribution in [0.2, 0.25) is 0 Å². The first kappa shape index (κ1) is 14.3. The van der Waals surface area contributed by atoms with Gasteiger partial charge in [0.1, 0.15) is 5.69 Å². The van der Waals surface area contributed by atoms with Crippen LogP contribution in [0.5, 0.6) is 0 Å². The maximum atomic E-state index is 11.9. The Morgan fingerprint density at radius 3 is 2.70 bits per heavy atom. The Morgan fingerprint density at radius 1 is 1.50 bits per heavy atom. The SMILES string of the molecule is CN(C)C(=O)c1ccc(N2CC[C@@H](O)C2)c([N+](=O)[O-])c1. The number of hydrogen-bond acceptors (Lipinski definition) is 5. The summed E-state index contributed by atoms with van der Waals surface area (Å²) in [5.74, 6) is -0.277. The fourth-order valence-corrected chi connectivity index (χ4v) is 2.29. The van der Waals surface area contributed by atoms with E-state index in [-0.39, 0.29) is 17.2 Å². The highest BCUT2D eigenvalue weighted by Gasteiger charge is 2.27. The molecule has 0 saturated carbocycles. The standard InChI is InChI=1S/C13H17N3O4/c1-14(2)13(18)9-3-4-11(12(7-9)16(19)20)15-6-5-10(17)8-15/h3-4,7,10,17H,5-6,8H2,1-2H3/t10-/m1/s1. The van der Waals surface area contributed by atoms with Gasteiger partial charge in [0.05, 0.1) is 11.0 Å². The van der Waals surface area contributed by atoms with Crippen LogP contribution in [-0.2, 0) is 0 Å². The van der Waals surface area contributed by atoms with E-state index in [9.17, 15) is 20.0 Å². The zero-order valence-corrected chi connectivity index (χ0v) is 11.4. The first-order valence-corrected chi connectivity index (χ1v) is 6.33. The fraction of sp³-hybridized carbons (Fsp3) is 0.462. The second kappa shape index (κ2) is 5.46. The molecule has 20 heavy (non-hydrogen) atoms. The van der Waals surface area contributed by atoms with Gasteiger partial charge in [0.15, 0.2) is 0 Å². The molecular formula is C13H17N3O4. The van der Waals surface area contributed by atoms with E-state index < -0.39 is 11.0 Å². The molecule has 2 rings (SSSR count). The van der Waals surface area contributed by atoms with Crippen LogP contribution in [0.1, 0.15) is 16.8 Å². The van der Waals surface area contributed by atoms with Crippen molar-refractivity contribution in [3.63, 3.8) is 0 Å². The van der Waals surface area contributed by atoms with E-state index in [1.807, 2.05) is 0 Å². The summed E-state index contributed by atoms with van der Waals surface area (Å²) in [6.07, 6.45) is 0.132. The summed E-state index contributed by atoms with van der Waals surface area (Å²) in [4.78, 5) is 25.7. The first-order chi connectivity index (χ1) is 9.40. The van der Waals surface area contributed by atoms with Gasteiger partial charge in [-0.2, -0.15) is 0 Å². The molecule has 7 heteroatoms. The summed E-state index contributed by atoms with van der Waals surface area (Å²) in [5, 5.41) is 20.7. The Balaban J connectivity index is 2.38. The van der Waals surface area contributed by atoms with Crippen molar-refractivity contribution in [2.45, 2.75) is 12.5 Å². The smallest absolute Gasteiger partial charge is 0.293 e. The van der Waals surface area contributed by atoms with Crippen LogP contribution in [0.25, 0.3) is 0 Å². The van der Waals surface area contributed by atoms with Crippen molar-refractivity contribution in [2.24, 2.45) is 0 Å². The second-order valence-corrected chi connectivity index (χ2v) is 5.05. The Bertz CT molecular complexity index is 544. The molecule has 108 valence electrons. The maximum Gasteiger partial charge on any atom is 0.293 e. The highest BCUT2D eigenvalue weighted by molar-refractivity contribution is 5.95. The van der Waals surface area contributed by atoms with Gasteiger partial charge < -0.3 is 14.9 Å². The number of carbonyl (C=O) groups is 1. The summed E-state index contributed by atoms with van der Waals surface area (Å²) in [6.45, 7) is 0.949. The molecular weight excluding hydrogens is 262 g/mol. The van der Waals surface area contributed by atoms with Crippen molar-refractivity contribution in [1.29, 1.82) is 0 Å². The molecule has 0 spiro atoms. The van der Waals surface area contributed by atoms with Crippen LogP contribution < -0.4 is 4.90 Å². The van der Waals surface area contributed by atoms with Crippen molar-refractivity contribution in [3.05, 3.63) is 33.9 Å².